The van der Waals surface area contributed by atoms with Crippen LogP contribution < -0.4 is 10.2 Å². The number of fused-ring (bicyclic) bond motifs is 1. The number of benzene rings is 1. The number of para-hydroxylation sites is 1. The number of pyridine rings is 1. The molecule has 1 unspecified atom stereocenters. The molecule has 1 aromatic carbocycles. The minimum Gasteiger partial charge on any atom is -0.496 e. The maximum absolute atomic E-state index is 13.1. The molecular formula is C19H20N4O3. The number of carbonyl (C=O) groups excluding carboxylic acids is 1. The van der Waals surface area contributed by atoms with Gasteiger partial charge in [-0.25, -0.2) is 0 Å². The zero-order valence-electron chi connectivity index (χ0n) is 14.7. The van der Waals surface area contributed by atoms with E-state index in [1.165, 1.54) is 12.4 Å². The highest BCUT2D eigenvalue weighted by molar-refractivity contribution is 5.97. The van der Waals surface area contributed by atoms with E-state index >= 15 is 0 Å². The van der Waals surface area contributed by atoms with E-state index in [1.54, 1.807) is 23.7 Å². The third-order valence-electron chi connectivity index (χ3n) is 5.02. The largest absolute Gasteiger partial charge is 0.496 e. The molecule has 1 saturated heterocycles. The van der Waals surface area contributed by atoms with Crippen molar-refractivity contribution in [3.63, 3.8) is 0 Å². The lowest BCUT2D eigenvalue weighted by molar-refractivity contribution is 0.0732. The number of rotatable bonds is 3. The molecule has 3 aromatic rings. The quantitative estimate of drug-likeness (QED) is 0.784. The minimum absolute atomic E-state index is 0.0948. The van der Waals surface area contributed by atoms with Gasteiger partial charge in [0.05, 0.1) is 24.7 Å². The van der Waals surface area contributed by atoms with Crippen LogP contribution in [0.25, 0.3) is 11.0 Å². The molecule has 0 radical (unpaired) electrons. The van der Waals surface area contributed by atoms with E-state index in [9.17, 15) is 9.59 Å². The number of methoxy groups -OCH3 is 1. The second-order valence-electron chi connectivity index (χ2n) is 6.46. The Labute approximate surface area is 150 Å². The van der Waals surface area contributed by atoms with Crippen LogP contribution in [0, 0.1) is 0 Å². The Morgan fingerprint density at radius 2 is 2.15 bits per heavy atom. The Morgan fingerprint density at radius 3 is 2.96 bits per heavy atom. The van der Waals surface area contributed by atoms with E-state index in [4.69, 9.17) is 4.74 Å². The third-order valence-corrected chi connectivity index (χ3v) is 5.02. The number of likely N-dealkylation sites (tertiary alicyclic amines) is 1. The van der Waals surface area contributed by atoms with Gasteiger partial charge >= 0.3 is 0 Å². The lowest BCUT2D eigenvalue weighted by Crippen LogP contribution is -2.34. The van der Waals surface area contributed by atoms with Crippen molar-refractivity contribution in [1.82, 2.24) is 19.7 Å². The van der Waals surface area contributed by atoms with E-state index in [0.29, 0.717) is 17.6 Å². The predicted molar refractivity (Wildman–Crippen MR) is 97.3 cm³/mol. The molecule has 0 spiro atoms. The number of hydrogen-bond donors (Lipinski definition) is 1. The van der Waals surface area contributed by atoms with Crippen LogP contribution in [0.4, 0.5) is 0 Å². The van der Waals surface area contributed by atoms with Crippen molar-refractivity contribution in [2.24, 2.45) is 7.05 Å². The molecule has 1 fully saturated rings. The summed E-state index contributed by atoms with van der Waals surface area (Å²) in [4.78, 5) is 30.7. The first-order valence-electron chi connectivity index (χ1n) is 8.59. The SMILES string of the molecule is COc1ccccc1C1CCCN1C(=O)c1c[nH]c2c(cnn2C)c1=O. The summed E-state index contributed by atoms with van der Waals surface area (Å²) >= 11 is 0. The van der Waals surface area contributed by atoms with Crippen LogP contribution >= 0.6 is 0 Å². The van der Waals surface area contributed by atoms with Gasteiger partial charge in [-0.15, -0.1) is 0 Å². The molecule has 7 heteroatoms. The number of H-pyrrole nitrogens is 1. The van der Waals surface area contributed by atoms with Crippen molar-refractivity contribution in [3.05, 3.63) is 58.0 Å². The van der Waals surface area contributed by atoms with Gasteiger partial charge in [-0.2, -0.15) is 5.10 Å². The van der Waals surface area contributed by atoms with Crippen molar-refractivity contribution in [2.75, 3.05) is 13.7 Å². The van der Waals surface area contributed by atoms with Crippen molar-refractivity contribution in [3.8, 4) is 5.75 Å². The number of aromatic nitrogens is 3. The summed E-state index contributed by atoms with van der Waals surface area (Å²) in [6.45, 7) is 0.617. The summed E-state index contributed by atoms with van der Waals surface area (Å²) in [5, 5.41) is 4.51. The van der Waals surface area contributed by atoms with E-state index in [-0.39, 0.29) is 22.9 Å². The van der Waals surface area contributed by atoms with E-state index in [2.05, 4.69) is 10.1 Å². The van der Waals surface area contributed by atoms with Gasteiger partial charge in [0.15, 0.2) is 0 Å². The highest BCUT2D eigenvalue weighted by Gasteiger charge is 2.33. The van der Waals surface area contributed by atoms with Crippen molar-refractivity contribution >= 4 is 16.9 Å². The van der Waals surface area contributed by atoms with Gasteiger partial charge in [0.2, 0.25) is 5.43 Å². The molecule has 2 aromatic heterocycles. The van der Waals surface area contributed by atoms with Crippen LogP contribution in [0.5, 0.6) is 5.75 Å². The van der Waals surface area contributed by atoms with Crippen molar-refractivity contribution in [1.29, 1.82) is 0 Å². The standard InChI is InChI=1S/C19H20N4O3/c1-22-18-13(11-21-22)17(24)14(10-20-18)19(25)23-9-5-7-15(23)12-6-3-4-8-16(12)26-2/h3-4,6,8,10-11,15H,5,7,9H2,1-2H3,(H,20,24). The Hall–Kier alpha value is -3.09. The number of carbonyl (C=O) groups is 1. The summed E-state index contributed by atoms with van der Waals surface area (Å²) in [6.07, 6.45) is 4.72. The number of ether oxygens (including phenoxy) is 1. The van der Waals surface area contributed by atoms with Gasteiger partial charge in [0.25, 0.3) is 5.91 Å². The second-order valence-corrected chi connectivity index (χ2v) is 6.46. The Balaban J connectivity index is 1.74. The Morgan fingerprint density at radius 1 is 1.35 bits per heavy atom. The number of nitrogens with one attached hydrogen (secondary N) is 1. The van der Waals surface area contributed by atoms with Crippen molar-refractivity contribution in [2.45, 2.75) is 18.9 Å². The number of aromatic amines is 1. The average Bonchev–Trinajstić information content (AvgIpc) is 3.29. The van der Waals surface area contributed by atoms with Crippen LogP contribution in [-0.2, 0) is 7.05 Å². The molecule has 0 bridgehead atoms. The van der Waals surface area contributed by atoms with Gasteiger partial charge in [-0.3, -0.25) is 14.3 Å². The zero-order valence-corrected chi connectivity index (χ0v) is 14.7. The van der Waals surface area contributed by atoms with Crippen molar-refractivity contribution < 1.29 is 9.53 Å². The monoisotopic (exact) mass is 352 g/mol. The van der Waals surface area contributed by atoms with E-state index in [1.807, 2.05) is 24.3 Å². The predicted octanol–water partition coefficient (Wildman–Crippen LogP) is 2.25. The zero-order chi connectivity index (χ0) is 18.3. The molecule has 1 aliphatic heterocycles. The summed E-state index contributed by atoms with van der Waals surface area (Å²) in [6, 6.07) is 7.62. The first-order chi connectivity index (χ1) is 12.6. The van der Waals surface area contributed by atoms with Crippen LogP contribution in [0.1, 0.15) is 34.8 Å². The summed E-state index contributed by atoms with van der Waals surface area (Å²) in [5.41, 5.74) is 1.43. The smallest absolute Gasteiger partial charge is 0.259 e. The lowest BCUT2D eigenvalue weighted by Gasteiger charge is -2.26. The lowest BCUT2D eigenvalue weighted by atomic mass is 10.0. The molecule has 26 heavy (non-hydrogen) atoms. The van der Waals surface area contributed by atoms with Crippen LogP contribution in [0.15, 0.2) is 41.5 Å². The molecule has 0 aliphatic carbocycles. The number of nitrogens with zero attached hydrogens (tertiary/aromatic N) is 3. The van der Waals surface area contributed by atoms with Gasteiger partial charge in [0, 0.05) is 25.4 Å². The second kappa shape index (κ2) is 6.33. The van der Waals surface area contributed by atoms with Gasteiger partial charge in [-0.05, 0) is 18.9 Å². The third kappa shape index (κ3) is 2.47. The van der Waals surface area contributed by atoms with Crippen LogP contribution in [-0.4, -0.2) is 39.2 Å². The maximum atomic E-state index is 13.1. The van der Waals surface area contributed by atoms with Crippen LogP contribution in [0.2, 0.25) is 0 Å². The van der Waals surface area contributed by atoms with E-state index in [0.717, 1.165) is 24.2 Å². The molecule has 1 N–H and O–H groups in total. The fourth-order valence-electron chi connectivity index (χ4n) is 3.71. The molecule has 4 rings (SSSR count). The fraction of sp³-hybridized carbons (Fsp3) is 0.316. The molecule has 0 saturated carbocycles. The molecule has 1 atom stereocenters. The summed E-state index contributed by atoms with van der Waals surface area (Å²) in [7, 11) is 3.37. The molecule has 3 heterocycles. The molecule has 7 nitrogen and oxygen atoms in total. The van der Waals surface area contributed by atoms with Gasteiger partial charge < -0.3 is 14.6 Å². The number of amides is 1. The summed E-state index contributed by atoms with van der Waals surface area (Å²) < 4.78 is 7.04. The molecule has 1 amide bonds. The van der Waals surface area contributed by atoms with Crippen LogP contribution in [0.3, 0.4) is 0 Å². The van der Waals surface area contributed by atoms with E-state index < -0.39 is 0 Å². The molecular weight excluding hydrogens is 332 g/mol. The highest BCUT2D eigenvalue weighted by Crippen LogP contribution is 2.37. The first kappa shape index (κ1) is 16.4. The highest BCUT2D eigenvalue weighted by atomic mass is 16.5. The molecule has 134 valence electrons. The summed E-state index contributed by atoms with van der Waals surface area (Å²) in [5.74, 6) is 0.499. The normalized spacial score (nSPS) is 17.0. The maximum Gasteiger partial charge on any atom is 0.259 e. The first-order valence-corrected chi connectivity index (χ1v) is 8.59. The van der Waals surface area contributed by atoms with Gasteiger partial charge in [-0.1, -0.05) is 18.2 Å². The topological polar surface area (TPSA) is 80.2 Å². The Kier molecular flexibility index (Phi) is 3.99. The number of hydrogen-bond acceptors (Lipinski definition) is 4. The fourth-order valence-corrected chi connectivity index (χ4v) is 3.71. The number of aryl methyl sites for hydroxylation is 1. The minimum atomic E-state index is -0.289. The average molecular weight is 352 g/mol. The Bertz CT molecular complexity index is 1040. The van der Waals surface area contributed by atoms with Gasteiger partial charge in [0.1, 0.15) is 17.0 Å². The molecule has 1 aliphatic rings.